The van der Waals surface area contributed by atoms with E-state index in [1.807, 2.05) is 6.07 Å². The van der Waals surface area contributed by atoms with Crippen LogP contribution in [0.5, 0.6) is 0 Å². The van der Waals surface area contributed by atoms with Crippen molar-refractivity contribution in [3.63, 3.8) is 0 Å². The van der Waals surface area contributed by atoms with Crippen molar-refractivity contribution in [1.82, 2.24) is 5.06 Å². The average molecular weight is 247 g/mol. The van der Waals surface area contributed by atoms with Gasteiger partial charge in [0.05, 0.1) is 18.1 Å². The van der Waals surface area contributed by atoms with Gasteiger partial charge in [-0.1, -0.05) is 0 Å². The lowest BCUT2D eigenvalue weighted by molar-refractivity contribution is -0.0723. The number of fused-ring (bicyclic) bond motifs is 1. The van der Waals surface area contributed by atoms with E-state index < -0.39 is 9.84 Å². The number of hydrogen-bond donors (Lipinski definition) is 1. The van der Waals surface area contributed by atoms with E-state index in [1.165, 1.54) is 0 Å². The summed E-state index contributed by atoms with van der Waals surface area (Å²) in [5, 5.41) is 10.2. The highest BCUT2D eigenvalue weighted by Crippen LogP contribution is 2.29. The fourth-order valence-corrected chi connectivity index (χ4v) is 4.57. The van der Waals surface area contributed by atoms with Crippen LogP contribution in [0.1, 0.15) is 15.3 Å². The molecule has 2 heterocycles. The zero-order valence-corrected chi connectivity index (χ0v) is 10.1. The molecule has 84 valence electrons. The van der Waals surface area contributed by atoms with Crippen LogP contribution in [0, 0.1) is 0 Å². The van der Waals surface area contributed by atoms with E-state index in [0.29, 0.717) is 13.0 Å². The number of nitrogens with zero attached hydrogens (tertiary/aromatic N) is 1. The van der Waals surface area contributed by atoms with E-state index in [-0.39, 0.29) is 11.5 Å². The average Bonchev–Trinajstić information content (AvgIpc) is 2.42. The van der Waals surface area contributed by atoms with Gasteiger partial charge in [-0.05, 0) is 18.1 Å². The lowest BCUT2D eigenvalue weighted by Crippen LogP contribution is -2.16. The van der Waals surface area contributed by atoms with E-state index in [2.05, 4.69) is 0 Å². The van der Waals surface area contributed by atoms with Gasteiger partial charge in [0, 0.05) is 16.8 Å². The summed E-state index contributed by atoms with van der Waals surface area (Å²) in [6.07, 6.45) is 0.622. The van der Waals surface area contributed by atoms with Crippen molar-refractivity contribution in [1.29, 1.82) is 0 Å². The molecule has 0 fully saturated rings. The molecule has 0 atom stereocenters. The summed E-state index contributed by atoms with van der Waals surface area (Å²) in [5.41, 5.74) is 0.920. The SMILES string of the molecule is CN(O)Cc1cc2c(s1)CCS(=O)(=O)C2. The van der Waals surface area contributed by atoms with Crippen LogP contribution in [-0.2, 0) is 28.6 Å². The molecule has 0 aliphatic carbocycles. The van der Waals surface area contributed by atoms with Gasteiger partial charge in [-0.2, -0.15) is 5.06 Å². The molecular formula is C9H13NO3S2. The Labute approximate surface area is 93.0 Å². The molecule has 0 saturated heterocycles. The van der Waals surface area contributed by atoms with Crippen molar-refractivity contribution in [2.75, 3.05) is 12.8 Å². The minimum atomic E-state index is -2.88. The third kappa shape index (κ3) is 2.57. The summed E-state index contributed by atoms with van der Waals surface area (Å²) in [5.74, 6) is 0.420. The summed E-state index contributed by atoms with van der Waals surface area (Å²) in [6, 6.07) is 1.89. The molecule has 15 heavy (non-hydrogen) atoms. The van der Waals surface area contributed by atoms with E-state index in [4.69, 9.17) is 5.21 Å². The van der Waals surface area contributed by atoms with E-state index >= 15 is 0 Å². The number of aryl methyl sites for hydroxylation is 1. The van der Waals surface area contributed by atoms with E-state index in [9.17, 15) is 8.42 Å². The van der Waals surface area contributed by atoms with Crippen LogP contribution >= 0.6 is 11.3 Å². The van der Waals surface area contributed by atoms with Gasteiger partial charge < -0.3 is 5.21 Å². The maximum atomic E-state index is 11.4. The first-order valence-corrected chi connectivity index (χ1v) is 7.31. The van der Waals surface area contributed by atoms with Gasteiger partial charge in [-0.3, -0.25) is 0 Å². The van der Waals surface area contributed by atoms with Gasteiger partial charge in [0.1, 0.15) is 0 Å². The Kier molecular flexibility index (Phi) is 2.85. The summed E-state index contributed by atoms with van der Waals surface area (Å²) >= 11 is 1.60. The van der Waals surface area contributed by atoms with Crippen LogP contribution in [0.25, 0.3) is 0 Å². The Morgan fingerprint density at radius 3 is 3.00 bits per heavy atom. The molecule has 4 nitrogen and oxygen atoms in total. The summed E-state index contributed by atoms with van der Waals surface area (Å²) < 4.78 is 22.8. The molecule has 2 rings (SSSR count). The molecular weight excluding hydrogens is 234 g/mol. The third-order valence-electron chi connectivity index (χ3n) is 2.35. The van der Waals surface area contributed by atoms with Crippen LogP contribution < -0.4 is 0 Å². The monoisotopic (exact) mass is 247 g/mol. The Morgan fingerprint density at radius 1 is 1.60 bits per heavy atom. The minimum absolute atomic E-state index is 0.161. The molecule has 0 amide bonds. The Balaban J connectivity index is 2.25. The summed E-state index contributed by atoms with van der Waals surface area (Å²) in [7, 11) is -1.30. The molecule has 0 bridgehead atoms. The van der Waals surface area contributed by atoms with Crippen molar-refractivity contribution in [3.05, 3.63) is 21.4 Å². The standard InChI is InChI=1S/C9H13NO3S2/c1-10(11)5-8-4-7-6-15(12,13)3-2-9(7)14-8/h4,11H,2-3,5-6H2,1H3. The maximum Gasteiger partial charge on any atom is 0.154 e. The van der Waals surface area contributed by atoms with Crippen molar-refractivity contribution in [3.8, 4) is 0 Å². The zero-order chi connectivity index (χ0) is 11.1. The lowest BCUT2D eigenvalue weighted by Gasteiger charge is -2.10. The van der Waals surface area contributed by atoms with Crippen LogP contribution in [-0.4, -0.2) is 31.5 Å². The molecule has 0 spiro atoms. The van der Waals surface area contributed by atoms with Gasteiger partial charge in [-0.15, -0.1) is 11.3 Å². The first-order valence-electron chi connectivity index (χ1n) is 4.67. The van der Waals surface area contributed by atoms with Crippen LogP contribution in [0.2, 0.25) is 0 Å². The Bertz CT molecular complexity index is 462. The largest absolute Gasteiger partial charge is 0.314 e. The number of hydroxylamine groups is 2. The molecule has 0 aromatic carbocycles. The predicted molar refractivity (Wildman–Crippen MR) is 58.8 cm³/mol. The molecule has 1 aliphatic heterocycles. The number of sulfone groups is 1. The summed E-state index contributed by atoms with van der Waals surface area (Å²) in [6.45, 7) is 0.456. The highest BCUT2D eigenvalue weighted by molar-refractivity contribution is 7.90. The van der Waals surface area contributed by atoms with Gasteiger partial charge in [0.25, 0.3) is 0 Å². The molecule has 6 heteroatoms. The zero-order valence-electron chi connectivity index (χ0n) is 8.43. The minimum Gasteiger partial charge on any atom is -0.314 e. The number of hydrogen-bond acceptors (Lipinski definition) is 5. The van der Waals surface area contributed by atoms with Crippen molar-refractivity contribution in [2.24, 2.45) is 0 Å². The highest BCUT2D eigenvalue weighted by atomic mass is 32.2. The molecule has 1 aromatic heterocycles. The molecule has 1 N–H and O–H groups in total. The smallest absolute Gasteiger partial charge is 0.154 e. The second kappa shape index (κ2) is 3.86. The lowest BCUT2D eigenvalue weighted by atomic mass is 10.2. The molecule has 0 radical (unpaired) electrons. The predicted octanol–water partition coefficient (Wildman–Crippen LogP) is 1.04. The van der Waals surface area contributed by atoms with Crippen molar-refractivity contribution < 1.29 is 13.6 Å². The normalized spacial score (nSPS) is 19.1. The van der Waals surface area contributed by atoms with Crippen LogP contribution in [0.4, 0.5) is 0 Å². The third-order valence-corrected chi connectivity index (χ3v) is 5.15. The second-order valence-corrected chi connectivity index (χ2v) is 7.22. The van der Waals surface area contributed by atoms with Crippen molar-refractivity contribution in [2.45, 2.75) is 18.7 Å². The van der Waals surface area contributed by atoms with Crippen LogP contribution in [0.15, 0.2) is 6.07 Å². The van der Waals surface area contributed by atoms with Gasteiger partial charge in [-0.25, -0.2) is 8.42 Å². The van der Waals surface area contributed by atoms with Crippen LogP contribution in [0.3, 0.4) is 0 Å². The fourth-order valence-electron chi connectivity index (χ4n) is 1.72. The second-order valence-electron chi connectivity index (χ2n) is 3.82. The quantitative estimate of drug-likeness (QED) is 0.793. The maximum absolute atomic E-state index is 11.4. The molecule has 1 aliphatic rings. The van der Waals surface area contributed by atoms with E-state index in [1.54, 1.807) is 18.4 Å². The number of rotatable bonds is 2. The van der Waals surface area contributed by atoms with Gasteiger partial charge in [0.15, 0.2) is 9.84 Å². The van der Waals surface area contributed by atoms with E-state index in [0.717, 1.165) is 20.4 Å². The molecule has 0 unspecified atom stereocenters. The first kappa shape index (κ1) is 11.1. The Morgan fingerprint density at radius 2 is 2.33 bits per heavy atom. The summed E-state index contributed by atoms with van der Waals surface area (Å²) in [4.78, 5) is 2.17. The number of thiophene rings is 1. The topological polar surface area (TPSA) is 57.6 Å². The Hall–Kier alpha value is -0.430. The van der Waals surface area contributed by atoms with Gasteiger partial charge >= 0.3 is 0 Å². The molecule has 1 aromatic rings. The first-order chi connectivity index (χ1) is 6.96. The highest BCUT2D eigenvalue weighted by Gasteiger charge is 2.23. The van der Waals surface area contributed by atoms with Crippen molar-refractivity contribution >= 4 is 21.2 Å². The molecule has 0 saturated carbocycles. The fraction of sp³-hybridized carbons (Fsp3) is 0.556. The van der Waals surface area contributed by atoms with Gasteiger partial charge in [0.2, 0.25) is 0 Å².